The molecule has 0 atom stereocenters. The van der Waals surface area contributed by atoms with E-state index in [4.69, 9.17) is 9.47 Å². The predicted molar refractivity (Wildman–Crippen MR) is 126 cm³/mol. The van der Waals surface area contributed by atoms with Crippen LogP contribution in [0.15, 0.2) is 65.6 Å². The van der Waals surface area contributed by atoms with Gasteiger partial charge in [0.2, 0.25) is 0 Å². The van der Waals surface area contributed by atoms with Crippen LogP contribution in [0.4, 0.5) is 5.00 Å². The van der Waals surface area contributed by atoms with Gasteiger partial charge in [0.1, 0.15) is 28.0 Å². The lowest BCUT2D eigenvalue weighted by Gasteiger charge is -2.08. The number of rotatable bonds is 8. The number of nitriles is 1. The van der Waals surface area contributed by atoms with Crippen LogP contribution in [-0.2, 0) is 9.53 Å². The SMILES string of the molecule is CCCOc1ccc(C=C(C#N)C(=O)Nc2scc(-c3ccccc3)c2C(=O)OC)cc1. The molecule has 0 fully saturated rings. The average Bonchev–Trinajstić information content (AvgIpc) is 3.25. The van der Waals surface area contributed by atoms with Crippen molar-refractivity contribution in [2.75, 3.05) is 19.0 Å². The van der Waals surface area contributed by atoms with Crippen molar-refractivity contribution in [3.63, 3.8) is 0 Å². The Morgan fingerprint density at radius 1 is 1.12 bits per heavy atom. The lowest BCUT2D eigenvalue weighted by atomic mass is 10.0. The van der Waals surface area contributed by atoms with Crippen LogP contribution in [-0.4, -0.2) is 25.6 Å². The molecule has 3 rings (SSSR count). The third-order valence-electron chi connectivity index (χ3n) is 4.52. The summed E-state index contributed by atoms with van der Waals surface area (Å²) in [6.07, 6.45) is 2.39. The van der Waals surface area contributed by atoms with Crippen LogP contribution < -0.4 is 10.1 Å². The van der Waals surface area contributed by atoms with Crippen LogP contribution in [0.25, 0.3) is 17.2 Å². The van der Waals surface area contributed by atoms with Crippen LogP contribution in [0.5, 0.6) is 5.75 Å². The molecule has 0 radical (unpaired) electrons. The smallest absolute Gasteiger partial charge is 0.341 e. The minimum Gasteiger partial charge on any atom is -0.494 e. The topological polar surface area (TPSA) is 88.4 Å². The molecule has 1 N–H and O–H groups in total. The summed E-state index contributed by atoms with van der Waals surface area (Å²) in [5, 5.41) is 14.3. The second-order valence-corrected chi connectivity index (χ2v) is 7.63. The summed E-state index contributed by atoms with van der Waals surface area (Å²) >= 11 is 1.20. The fraction of sp³-hybridized carbons (Fsp3) is 0.160. The van der Waals surface area contributed by atoms with Crippen LogP contribution in [0.3, 0.4) is 0 Å². The first-order chi connectivity index (χ1) is 15.6. The minimum atomic E-state index is -0.606. The Hall–Kier alpha value is -3.89. The maximum Gasteiger partial charge on any atom is 0.341 e. The van der Waals surface area contributed by atoms with E-state index in [1.807, 2.05) is 43.3 Å². The molecule has 32 heavy (non-hydrogen) atoms. The molecule has 0 aliphatic rings. The number of nitrogens with one attached hydrogen (secondary N) is 1. The summed E-state index contributed by atoms with van der Waals surface area (Å²) in [6, 6.07) is 18.4. The number of amides is 1. The van der Waals surface area contributed by atoms with Gasteiger partial charge in [-0.3, -0.25) is 4.79 Å². The van der Waals surface area contributed by atoms with Gasteiger partial charge in [-0.25, -0.2) is 4.79 Å². The van der Waals surface area contributed by atoms with E-state index >= 15 is 0 Å². The molecule has 0 saturated carbocycles. The number of hydrogen-bond donors (Lipinski definition) is 1. The molecule has 0 aliphatic carbocycles. The first-order valence-corrected chi connectivity index (χ1v) is 10.9. The molecule has 0 bridgehead atoms. The fourth-order valence-corrected chi connectivity index (χ4v) is 3.90. The molecule has 3 aromatic rings. The zero-order valence-corrected chi connectivity index (χ0v) is 18.6. The molecule has 1 amide bonds. The Morgan fingerprint density at radius 3 is 2.47 bits per heavy atom. The van der Waals surface area contributed by atoms with Crippen molar-refractivity contribution in [1.82, 2.24) is 0 Å². The number of nitrogens with zero attached hydrogens (tertiary/aromatic N) is 1. The molecule has 1 heterocycles. The van der Waals surface area contributed by atoms with Crippen molar-refractivity contribution in [3.8, 4) is 22.9 Å². The second-order valence-electron chi connectivity index (χ2n) is 6.75. The van der Waals surface area contributed by atoms with Crippen molar-refractivity contribution in [2.24, 2.45) is 0 Å². The largest absolute Gasteiger partial charge is 0.494 e. The van der Waals surface area contributed by atoms with Crippen LogP contribution in [0, 0.1) is 11.3 Å². The number of benzene rings is 2. The molecule has 0 saturated heterocycles. The summed E-state index contributed by atoms with van der Waals surface area (Å²) in [5.74, 6) is -0.447. The molecule has 162 valence electrons. The summed E-state index contributed by atoms with van der Waals surface area (Å²) in [7, 11) is 1.29. The van der Waals surface area contributed by atoms with Crippen LogP contribution >= 0.6 is 11.3 Å². The van der Waals surface area contributed by atoms with Gasteiger partial charge in [0.15, 0.2) is 0 Å². The van der Waals surface area contributed by atoms with Gasteiger partial charge < -0.3 is 14.8 Å². The van der Waals surface area contributed by atoms with E-state index in [2.05, 4.69) is 5.32 Å². The van der Waals surface area contributed by atoms with Gasteiger partial charge in [-0.15, -0.1) is 11.3 Å². The molecule has 6 nitrogen and oxygen atoms in total. The quantitative estimate of drug-likeness (QED) is 0.279. The van der Waals surface area contributed by atoms with E-state index < -0.39 is 11.9 Å². The van der Waals surface area contributed by atoms with Crippen molar-refractivity contribution >= 4 is 34.3 Å². The van der Waals surface area contributed by atoms with Crippen molar-refractivity contribution in [2.45, 2.75) is 13.3 Å². The Labute approximate surface area is 190 Å². The number of anilines is 1. The van der Waals surface area contributed by atoms with Crippen LogP contribution in [0.1, 0.15) is 29.3 Å². The number of thiophene rings is 1. The first-order valence-electron chi connectivity index (χ1n) is 9.98. The number of carbonyl (C=O) groups is 2. The highest BCUT2D eigenvalue weighted by atomic mass is 32.1. The predicted octanol–water partition coefficient (Wildman–Crippen LogP) is 5.54. The van der Waals surface area contributed by atoms with Gasteiger partial charge in [-0.2, -0.15) is 5.26 Å². The van der Waals surface area contributed by atoms with E-state index in [0.717, 1.165) is 17.7 Å². The van der Waals surface area contributed by atoms with E-state index in [-0.39, 0.29) is 11.1 Å². The number of ether oxygens (including phenoxy) is 2. The molecular weight excluding hydrogens is 424 g/mol. The summed E-state index contributed by atoms with van der Waals surface area (Å²) in [6.45, 7) is 2.65. The molecule has 0 unspecified atom stereocenters. The van der Waals surface area contributed by atoms with Gasteiger partial charge in [0.25, 0.3) is 5.91 Å². The van der Waals surface area contributed by atoms with Crippen LogP contribution in [0.2, 0.25) is 0 Å². The number of esters is 1. The summed E-state index contributed by atoms with van der Waals surface area (Å²) in [5.41, 5.74) is 2.34. The van der Waals surface area contributed by atoms with E-state index in [1.54, 1.807) is 29.6 Å². The Balaban J connectivity index is 1.85. The Morgan fingerprint density at radius 2 is 1.84 bits per heavy atom. The standard InChI is InChI=1S/C25H22N2O4S/c1-3-13-31-20-11-9-17(10-12-20)14-19(15-26)23(28)27-24-22(25(29)30-2)21(16-32-24)18-7-5-4-6-8-18/h4-12,14,16H,3,13H2,1-2H3,(H,27,28). The molecule has 7 heteroatoms. The average molecular weight is 447 g/mol. The molecular formula is C25H22N2O4S. The lowest BCUT2D eigenvalue weighted by Crippen LogP contribution is -2.15. The molecule has 1 aromatic heterocycles. The van der Waals surface area contributed by atoms with Gasteiger partial charge in [0, 0.05) is 10.9 Å². The van der Waals surface area contributed by atoms with E-state index in [1.165, 1.54) is 24.5 Å². The molecule has 0 spiro atoms. The highest BCUT2D eigenvalue weighted by molar-refractivity contribution is 7.15. The monoisotopic (exact) mass is 446 g/mol. The third kappa shape index (κ3) is 5.42. The zero-order valence-electron chi connectivity index (χ0n) is 17.8. The Kier molecular flexibility index (Phi) is 7.79. The zero-order chi connectivity index (χ0) is 22.9. The summed E-state index contributed by atoms with van der Waals surface area (Å²) in [4.78, 5) is 25.2. The Bertz CT molecular complexity index is 1160. The maximum atomic E-state index is 12.8. The van der Waals surface area contributed by atoms with Crippen molar-refractivity contribution < 1.29 is 19.1 Å². The first kappa shape index (κ1) is 22.8. The van der Waals surface area contributed by atoms with Gasteiger partial charge in [-0.1, -0.05) is 49.4 Å². The summed E-state index contributed by atoms with van der Waals surface area (Å²) < 4.78 is 10.5. The highest BCUT2D eigenvalue weighted by Gasteiger charge is 2.23. The molecule has 2 aromatic carbocycles. The van der Waals surface area contributed by atoms with Crippen molar-refractivity contribution in [1.29, 1.82) is 5.26 Å². The van der Waals surface area contributed by atoms with E-state index in [0.29, 0.717) is 22.7 Å². The molecule has 0 aliphatic heterocycles. The number of carbonyl (C=O) groups excluding carboxylic acids is 2. The van der Waals surface area contributed by atoms with Gasteiger partial charge in [-0.05, 0) is 35.8 Å². The number of methoxy groups -OCH3 is 1. The van der Waals surface area contributed by atoms with Crippen molar-refractivity contribution in [3.05, 3.63) is 76.7 Å². The highest BCUT2D eigenvalue weighted by Crippen LogP contribution is 2.36. The minimum absolute atomic E-state index is 0.0855. The van der Waals surface area contributed by atoms with Gasteiger partial charge >= 0.3 is 5.97 Å². The second kappa shape index (κ2) is 10.9. The number of hydrogen-bond acceptors (Lipinski definition) is 6. The van der Waals surface area contributed by atoms with E-state index in [9.17, 15) is 14.9 Å². The lowest BCUT2D eigenvalue weighted by molar-refractivity contribution is -0.112. The maximum absolute atomic E-state index is 12.8. The normalized spacial score (nSPS) is 10.8. The fourth-order valence-electron chi connectivity index (χ4n) is 2.95. The third-order valence-corrected chi connectivity index (χ3v) is 5.42. The van der Waals surface area contributed by atoms with Gasteiger partial charge in [0.05, 0.1) is 13.7 Å².